The van der Waals surface area contributed by atoms with Gasteiger partial charge in [0.1, 0.15) is 10.9 Å². The molecule has 0 amide bonds. The number of nitro groups is 1. The van der Waals surface area contributed by atoms with Crippen molar-refractivity contribution in [2.45, 2.75) is 0 Å². The van der Waals surface area contributed by atoms with E-state index < -0.39 is 4.92 Å². The first kappa shape index (κ1) is 15.0. The zero-order valence-corrected chi connectivity index (χ0v) is 11.9. The number of rotatable bonds is 4. The number of amidine groups is 1. The Morgan fingerprint density at radius 1 is 1.38 bits per heavy atom. The van der Waals surface area contributed by atoms with E-state index in [1.165, 1.54) is 30.5 Å². The fourth-order valence-corrected chi connectivity index (χ4v) is 1.94. The molecule has 1 aromatic heterocycles. The number of ether oxygens (including phenoxy) is 1. The lowest BCUT2D eigenvalue weighted by molar-refractivity contribution is -0.385. The number of nitro benzene ring substituents is 1. The molecule has 0 saturated carbocycles. The van der Waals surface area contributed by atoms with Crippen LogP contribution in [-0.4, -0.2) is 15.7 Å². The smallest absolute Gasteiger partial charge is 0.311 e. The Hall–Kier alpha value is -2.38. The van der Waals surface area contributed by atoms with E-state index in [2.05, 4.69) is 4.98 Å². The van der Waals surface area contributed by atoms with Crippen molar-refractivity contribution in [1.29, 1.82) is 5.41 Å². The summed E-state index contributed by atoms with van der Waals surface area (Å²) in [4.78, 5) is 14.2. The van der Waals surface area contributed by atoms with Crippen LogP contribution >= 0.6 is 23.2 Å². The van der Waals surface area contributed by atoms with E-state index in [9.17, 15) is 10.1 Å². The Kier molecular flexibility index (Phi) is 4.25. The van der Waals surface area contributed by atoms with Crippen molar-refractivity contribution >= 4 is 34.7 Å². The molecule has 9 heteroatoms. The summed E-state index contributed by atoms with van der Waals surface area (Å²) < 4.78 is 5.35. The maximum absolute atomic E-state index is 11.0. The van der Waals surface area contributed by atoms with Gasteiger partial charge in [0.2, 0.25) is 11.6 Å². The minimum Gasteiger partial charge on any atom is -0.430 e. The van der Waals surface area contributed by atoms with Crippen LogP contribution in [-0.2, 0) is 0 Å². The Bertz CT molecular complexity index is 736. The lowest BCUT2D eigenvalue weighted by Crippen LogP contribution is -2.12. The van der Waals surface area contributed by atoms with Crippen LogP contribution in [0.1, 0.15) is 5.56 Å². The molecule has 1 heterocycles. The van der Waals surface area contributed by atoms with Crippen molar-refractivity contribution in [3.63, 3.8) is 0 Å². The summed E-state index contributed by atoms with van der Waals surface area (Å²) in [5.74, 6) is -0.481. The van der Waals surface area contributed by atoms with E-state index in [1.54, 1.807) is 0 Å². The first-order chi connectivity index (χ1) is 9.90. The van der Waals surface area contributed by atoms with E-state index in [0.717, 1.165) is 0 Å². The highest BCUT2D eigenvalue weighted by atomic mass is 35.5. The zero-order valence-electron chi connectivity index (χ0n) is 10.3. The number of nitrogens with one attached hydrogen (secondary N) is 1. The van der Waals surface area contributed by atoms with Crippen molar-refractivity contribution in [2.75, 3.05) is 0 Å². The van der Waals surface area contributed by atoms with E-state index >= 15 is 0 Å². The number of nitrogens with zero attached hydrogens (tertiary/aromatic N) is 2. The second-order valence-corrected chi connectivity index (χ2v) is 4.68. The fourth-order valence-electron chi connectivity index (χ4n) is 1.53. The maximum Gasteiger partial charge on any atom is 0.311 e. The molecular formula is C12H8Cl2N4O3. The van der Waals surface area contributed by atoms with Crippen molar-refractivity contribution in [3.8, 4) is 11.6 Å². The van der Waals surface area contributed by atoms with Crippen LogP contribution in [0.25, 0.3) is 0 Å². The van der Waals surface area contributed by atoms with Crippen molar-refractivity contribution in [2.24, 2.45) is 5.73 Å². The third kappa shape index (κ3) is 3.21. The van der Waals surface area contributed by atoms with Crippen LogP contribution in [0.15, 0.2) is 30.5 Å². The molecule has 0 aliphatic carbocycles. The molecule has 21 heavy (non-hydrogen) atoms. The Balaban J connectivity index is 2.48. The monoisotopic (exact) mass is 326 g/mol. The molecule has 7 nitrogen and oxygen atoms in total. The van der Waals surface area contributed by atoms with Gasteiger partial charge in [0, 0.05) is 28.9 Å². The minimum atomic E-state index is -0.617. The van der Waals surface area contributed by atoms with E-state index in [-0.39, 0.29) is 38.8 Å². The number of nitrogens with two attached hydrogens (primary N) is 1. The van der Waals surface area contributed by atoms with Crippen LogP contribution in [0.5, 0.6) is 11.6 Å². The first-order valence-electron chi connectivity index (χ1n) is 5.51. The number of hydrogen-bond acceptors (Lipinski definition) is 5. The number of nitrogen functional groups attached to an aromatic ring is 1. The number of benzene rings is 1. The summed E-state index contributed by atoms with van der Waals surface area (Å²) in [5, 5.41) is 18.6. The number of pyridine rings is 1. The fraction of sp³-hybridized carbons (Fsp3) is 0. The van der Waals surface area contributed by atoms with E-state index in [4.69, 9.17) is 39.1 Å². The van der Waals surface area contributed by atoms with Gasteiger partial charge in [0.15, 0.2) is 0 Å². The number of aromatic nitrogens is 1. The average Bonchev–Trinajstić information content (AvgIpc) is 2.40. The Labute approximate surface area is 128 Å². The van der Waals surface area contributed by atoms with Crippen LogP contribution in [0.2, 0.25) is 10.0 Å². The Morgan fingerprint density at radius 3 is 2.71 bits per heavy atom. The molecule has 0 aliphatic heterocycles. The second kappa shape index (κ2) is 5.94. The molecule has 0 radical (unpaired) electrons. The highest BCUT2D eigenvalue weighted by Gasteiger charge is 2.19. The molecule has 0 spiro atoms. The topological polar surface area (TPSA) is 115 Å². The predicted octanol–water partition coefficient (Wildman–Crippen LogP) is 3.37. The van der Waals surface area contributed by atoms with Gasteiger partial charge in [0.25, 0.3) is 0 Å². The number of hydrogen-bond donors (Lipinski definition) is 2. The summed E-state index contributed by atoms with van der Waals surface area (Å²) in [6.07, 6.45) is 1.33. The van der Waals surface area contributed by atoms with Crippen molar-refractivity contribution < 1.29 is 9.66 Å². The molecule has 2 aromatic rings. The van der Waals surface area contributed by atoms with Gasteiger partial charge < -0.3 is 10.5 Å². The third-order valence-electron chi connectivity index (χ3n) is 2.47. The minimum absolute atomic E-state index is 0.0146. The van der Waals surface area contributed by atoms with Gasteiger partial charge in [-0.1, -0.05) is 23.2 Å². The first-order valence-corrected chi connectivity index (χ1v) is 6.26. The van der Waals surface area contributed by atoms with Gasteiger partial charge in [-0.15, -0.1) is 0 Å². The molecular weight excluding hydrogens is 319 g/mol. The summed E-state index contributed by atoms with van der Waals surface area (Å²) in [6.45, 7) is 0. The standard InChI is InChI=1S/C12H8Cl2N4O3/c13-6-1-2-8(18(19)20)9(5-6)21-12-10(14)7(11(15)16)3-4-17-12/h1-5H,(H3,15,16). The van der Waals surface area contributed by atoms with Crippen molar-refractivity contribution in [3.05, 3.63) is 56.2 Å². The third-order valence-corrected chi connectivity index (χ3v) is 3.07. The highest BCUT2D eigenvalue weighted by molar-refractivity contribution is 6.35. The normalized spacial score (nSPS) is 10.2. The summed E-state index contributed by atoms with van der Waals surface area (Å²) in [6, 6.07) is 5.29. The molecule has 0 atom stereocenters. The van der Waals surface area contributed by atoms with Gasteiger partial charge in [-0.2, -0.15) is 0 Å². The molecule has 108 valence electrons. The van der Waals surface area contributed by atoms with Gasteiger partial charge in [-0.05, 0) is 12.1 Å². The SMILES string of the molecule is N=C(N)c1ccnc(Oc2cc(Cl)ccc2[N+](=O)[O-])c1Cl. The molecule has 1 aromatic carbocycles. The largest absolute Gasteiger partial charge is 0.430 e. The quantitative estimate of drug-likeness (QED) is 0.386. The lowest BCUT2D eigenvalue weighted by Gasteiger charge is -2.09. The van der Waals surface area contributed by atoms with Gasteiger partial charge in [-0.3, -0.25) is 15.5 Å². The summed E-state index contributed by atoms with van der Waals surface area (Å²) in [5.41, 5.74) is 5.29. The molecule has 0 unspecified atom stereocenters. The van der Waals surface area contributed by atoms with Crippen LogP contribution in [0.4, 0.5) is 5.69 Å². The zero-order chi connectivity index (χ0) is 15.6. The number of halogens is 2. The molecule has 2 rings (SSSR count). The van der Waals surface area contributed by atoms with Crippen LogP contribution in [0.3, 0.4) is 0 Å². The lowest BCUT2D eigenvalue weighted by atomic mass is 10.2. The van der Waals surface area contributed by atoms with E-state index in [0.29, 0.717) is 0 Å². The molecule has 0 fully saturated rings. The molecule has 0 aliphatic rings. The molecule has 0 bridgehead atoms. The highest BCUT2D eigenvalue weighted by Crippen LogP contribution is 2.36. The molecule has 0 saturated heterocycles. The summed E-state index contributed by atoms with van der Waals surface area (Å²) in [7, 11) is 0. The molecule has 3 N–H and O–H groups in total. The van der Waals surface area contributed by atoms with Crippen LogP contribution in [0, 0.1) is 15.5 Å². The second-order valence-electron chi connectivity index (χ2n) is 3.86. The van der Waals surface area contributed by atoms with Gasteiger partial charge >= 0.3 is 5.69 Å². The average molecular weight is 327 g/mol. The van der Waals surface area contributed by atoms with Gasteiger partial charge in [-0.25, -0.2) is 4.98 Å². The Morgan fingerprint density at radius 2 is 2.10 bits per heavy atom. The van der Waals surface area contributed by atoms with E-state index in [1.807, 2.05) is 0 Å². The predicted molar refractivity (Wildman–Crippen MR) is 78.4 cm³/mol. The summed E-state index contributed by atoms with van der Waals surface area (Å²) >= 11 is 11.8. The van der Waals surface area contributed by atoms with Gasteiger partial charge in [0.05, 0.1) is 4.92 Å². The van der Waals surface area contributed by atoms with Crippen molar-refractivity contribution in [1.82, 2.24) is 4.98 Å². The maximum atomic E-state index is 11.0. The van der Waals surface area contributed by atoms with Crippen LogP contribution < -0.4 is 10.5 Å².